The molecule has 1 aliphatic heterocycles. The monoisotopic (exact) mass is 296 g/mol. The molecule has 1 aliphatic rings. The van der Waals surface area contributed by atoms with Gasteiger partial charge < -0.3 is 10.2 Å². The molecule has 0 aliphatic carbocycles. The molecule has 1 heterocycles. The summed E-state index contributed by atoms with van der Waals surface area (Å²) in [4.78, 5) is 14.1. The minimum absolute atomic E-state index is 0.124. The summed E-state index contributed by atoms with van der Waals surface area (Å²) >= 11 is 1.82. The highest BCUT2D eigenvalue weighted by Crippen LogP contribution is 2.21. The quantitative estimate of drug-likeness (QED) is 0.921. The van der Waals surface area contributed by atoms with Crippen molar-refractivity contribution >= 4 is 23.5 Å². The highest BCUT2D eigenvalue weighted by molar-refractivity contribution is 7.98. The maximum Gasteiger partial charge on any atom is 0.321 e. The number of rotatable bonds is 3. The van der Waals surface area contributed by atoms with E-state index in [-0.39, 0.29) is 11.8 Å². The Balaban J connectivity index is 1.97. The van der Waals surface area contributed by atoms with E-state index < -0.39 is 0 Å². The molecule has 110 valence electrons. The molecule has 2 rings (SSSR count). The van der Waals surface area contributed by atoms with Crippen molar-refractivity contribution in [3.8, 4) is 0 Å². The van der Waals surface area contributed by atoms with Gasteiger partial charge in [0.2, 0.25) is 0 Å². The van der Waals surface area contributed by atoms with E-state index in [4.69, 9.17) is 0 Å². The minimum Gasteiger partial charge on any atom is -0.324 e. The number of carbonyl (C=O) groups is 1. The number of benzene rings is 1. The van der Waals surface area contributed by atoms with Crippen molar-refractivity contribution in [3.63, 3.8) is 0 Å². The number of likely N-dealkylation sites (tertiary alicyclic amines) is 1. The highest BCUT2D eigenvalue weighted by Gasteiger charge is 2.23. The molecule has 0 aromatic heterocycles. The molecule has 1 saturated heterocycles. The van der Waals surface area contributed by atoms with Crippen molar-refractivity contribution < 1.29 is 9.18 Å². The van der Waals surface area contributed by atoms with Crippen molar-refractivity contribution in [2.24, 2.45) is 5.92 Å². The molecule has 1 atom stereocenters. The number of nitrogens with zero attached hydrogens (tertiary/aromatic N) is 1. The van der Waals surface area contributed by atoms with Crippen molar-refractivity contribution in [2.75, 3.05) is 30.4 Å². The molecule has 2 amide bonds. The van der Waals surface area contributed by atoms with E-state index >= 15 is 0 Å². The average molecular weight is 296 g/mol. The predicted molar refractivity (Wildman–Crippen MR) is 82.8 cm³/mol. The molecule has 0 radical (unpaired) electrons. The third kappa shape index (κ3) is 4.13. The number of anilines is 1. The second kappa shape index (κ2) is 6.97. The third-order valence-corrected chi connectivity index (χ3v) is 4.31. The Hall–Kier alpha value is -1.23. The number of piperidine rings is 1. The molecule has 0 unspecified atom stereocenters. The van der Waals surface area contributed by atoms with E-state index in [0.717, 1.165) is 30.8 Å². The number of carbonyl (C=O) groups excluding carboxylic acids is 1. The van der Waals surface area contributed by atoms with Gasteiger partial charge in [0.15, 0.2) is 0 Å². The summed E-state index contributed by atoms with van der Waals surface area (Å²) in [5, 5.41) is 2.80. The molecule has 1 aromatic carbocycles. The zero-order valence-corrected chi connectivity index (χ0v) is 12.8. The fourth-order valence-electron chi connectivity index (χ4n) is 2.63. The van der Waals surface area contributed by atoms with Crippen LogP contribution in [0.3, 0.4) is 0 Å². The van der Waals surface area contributed by atoms with Crippen LogP contribution >= 0.6 is 11.8 Å². The van der Waals surface area contributed by atoms with E-state index in [1.807, 2.05) is 23.6 Å². The molecule has 1 aromatic rings. The van der Waals surface area contributed by atoms with Gasteiger partial charge in [0.25, 0.3) is 0 Å². The first-order valence-corrected chi connectivity index (χ1v) is 8.30. The lowest BCUT2D eigenvalue weighted by Crippen LogP contribution is -2.42. The molecule has 0 bridgehead atoms. The van der Waals surface area contributed by atoms with Crippen LogP contribution in [0.25, 0.3) is 0 Å². The lowest BCUT2D eigenvalue weighted by molar-refractivity contribution is 0.183. The third-order valence-electron chi connectivity index (χ3n) is 3.50. The van der Waals surface area contributed by atoms with Crippen LogP contribution < -0.4 is 5.32 Å². The van der Waals surface area contributed by atoms with Gasteiger partial charge in [-0.3, -0.25) is 0 Å². The molecule has 0 spiro atoms. The summed E-state index contributed by atoms with van der Waals surface area (Å²) < 4.78 is 13.3. The summed E-state index contributed by atoms with van der Waals surface area (Å²) in [5.74, 6) is 1.33. The highest BCUT2D eigenvalue weighted by atomic mass is 32.2. The van der Waals surface area contributed by atoms with Crippen molar-refractivity contribution in [1.29, 1.82) is 0 Å². The summed E-state index contributed by atoms with van der Waals surface area (Å²) in [6.07, 6.45) is 4.32. The van der Waals surface area contributed by atoms with Crippen LogP contribution in [0.1, 0.15) is 18.4 Å². The van der Waals surface area contributed by atoms with Crippen LogP contribution in [0.2, 0.25) is 0 Å². The van der Waals surface area contributed by atoms with Gasteiger partial charge in [0.1, 0.15) is 5.82 Å². The van der Waals surface area contributed by atoms with Gasteiger partial charge in [-0.1, -0.05) is 0 Å². The van der Waals surface area contributed by atoms with Crippen LogP contribution in [0.4, 0.5) is 14.9 Å². The average Bonchev–Trinajstić information content (AvgIpc) is 2.38. The second-order valence-electron chi connectivity index (χ2n) is 5.36. The fraction of sp³-hybridized carbons (Fsp3) is 0.533. The Kier molecular flexibility index (Phi) is 5.29. The van der Waals surface area contributed by atoms with Gasteiger partial charge >= 0.3 is 6.03 Å². The first-order valence-electron chi connectivity index (χ1n) is 6.90. The van der Waals surface area contributed by atoms with Crippen molar-refractivity contribution in [3.05, 3.63) is 29.6 Å². The molecule has 0 saturated carbocycles. The molecule has 1 N–H and O–H groups in total. The molecular weight excluding hydrogens is 275 g/mol. The van der Waals surface area contributed by atoms with E-state index in [1.54, 1.807) is 6.07 Å². The number of hydrogen-bond acceptors (Lipinski definition) is 2. The fourth-order valence-corrected chi connectivity index (χ4v) is 3.38. The van der Waals surface area contributed by atoms with Crippen molar-refractivity contribution in [1.82, 2.24) is 4.90 Å². The first-order chi connectivity index (χ1) is 9.58. The number of halogens is 1. The molecule has 5 heteroatoms. The van der Waals surface area contributed by atoms with Gasteiger partial charge in [-0.15, -0.1) is 0 Å². The largest absolute Gasteiger partial charge is 0.324 e. The lowest BCUT2D eigenvalue weighted by atomic mass is 10.0. The number of urea groups is 1. The second-order valence-corrected chi connectivity index (χ2v) is 6.27. The van der Waals surface area contributed by atoms with Gasteiger partial charge in [-0.25, -0.2) is 9.18 Å². The Labute approximate surface area is 123 Å². The summed E-state index contributed by atoms with van der Waals surface area (Å²) in [6, 6.07) is 4.46. The Morgan fingerprint density at radius 3 is 3.00 bits per heavy atom. The van der Waals surface area contributed by atoms with Gasteiger partial charge in [0, 0.05) is 18.8 Å². The van der Waals surface area contributed by atoms with Gasteiger partial charge in [-0.2, -0.15) is 11.8 Å². The number of amides is 2. The number of thioether (sulfide) groups is 1. The predicted octanol–water partition coefficient (Wildman–Crippen LogP) is 3.74. The zero-order chi connectivity index (χ0) is 14.5. The lowest BCUT2D eigenvalue weighted by Gasteiger charge is -2.32. The molecule has 1 fully saturated rings. The van der Waals surface area contributed by atoms with Crippen molar-refractivity contribution in [2.45, 2.75) is 19.8 Å². The summed E-state index contributed by atoms with van der Waals surface area (Å²) in [5.41, 5.74) is 1.33. The first kappa shape index (κ1) is 15.2. The normalized spacial score (nSPS) is 18.9. The standard InChI is InChI=1S/C15H21FN2OS/c1-11-6-13(16)8-14(7-11)17-15(19)18-5-3-4-12(9-18)10-20-2/h6-8,12H,3-5,9-10H2,1-2H3,(H,17,19)/t12-/m1/s1. The minimum atomic E-state index is -0.320. The smallest absolute Gasteiger partial charge is 0.321 e. The molecule has 20 heavy (non-hydrogen) atoms. The Morgan fingerprint density at radius 1 is 1.50 bits per heavy atom. The maximum absolute atomic E-state index is 13.3. The van der Waals surface area contributed by atoms with Crippen LogP contribution in [-0.2, 0) is 0 Å². The van der Waals surface area contributed by atoms with E-state index in [2.05, 4.69) is 11.6 Å². The zero-order valence-electron chi connectivity index (χ0n) is 12.0. The van der Waals surface area contributed by atoms with E-state index in [9.17, 15) is 9.18 Å². The van der Waals surface area contributed by atoms with E-state index in [1.165, 1.54) is 18.6 Å². The Bertz CT molecular complexity index is 459. The van der Waals surface area contributed by atoms with Crippen LogP contribution in [-0.4, -0.2) is 36.0 Å². The van der Waals surface area contributed by atoms with Gasteiger partial charge in [0.05, 0.1) is 0 Å². The summed E-state index contributed by atoms with van der Waals surface area (Å²) in [7, 11) is 0. The van der Waals surface area contributed by atoms with Crippen LogP contribution in [0.5, 0.6) is 0 Å². The van der Waals surface area contributed by atoms with Gasteiger partial charge in [-0.05, 0) is 61.5 Å². The Morgan fingerprint density at radius 2 is 2.30 bits per heavy atom. The molecule has 3 nitrogen and oxygen atoms in total. The SMILES string of the molecule is CSC[C@@H]1CCCN(C(=O)Nc2cc(C)cc(F)c2)C1. The number of nitrogens with one attached hydrogen (secondary N) is 1. The maximum atomic E-state index is 13.3. The number of hydrogen-bond donors (Lipinski definition) is 1. The number of aryl methyl sites for hydroxylation is 1. The van der Waals surface area contributed by atoms with E-state index in [0.29, 0.717) is 11.6 Å². The molecular formula is C15H21FN2OS. The summed E-state index contributed by atoms with van der Waals surface area (Å²) in [6.45, 7) is 3.39. The van der Waals surface area contributed by atoms with Crippen LogP contribution in [0, 0.1) is 18.7 Å². The van der Waals surface area contributed by atoms with Crippen LogP contribution in [0.15, 0.2) is 18.2 Å². The topological polar surface area (TPSA) is 32.3 Å².